The Balaban J connectivity index is 1.69. The molecule has 0 bridgehead atoms. The summed E-state index contributed by atoms with van der Waals surface area (Å²) in [6.45, 7) is 0.371. The highest BCUT2D eigenvalue weighted by Gasteiger charge is 2.20. The highest BCUT2D eigenvalue weighted by Crippen LogP contribution is 2.20. The minimum atomic E-state index is -0.486. The number of carbonyl (C=O) groups is 2. The van der Waals surface area contributed by atoms with E-state index in [1.54, 1.807) is 31.4 Å². The Kier molecular flexibility index (Phi) is 7.46. The molecule has 0 aliphatic carbocycles. The van der Waals surface area contributed by atoms with Crippen LogP contribution in [0.15, 0.2) is 78.9 Å². The Morgan fingerprint density at radius 3 is 2.43 bits per heavy atom. The minimum Gasteiger partial charge on any atom is -0.497 e. The van der Waals surface area contributed by atoms with Crippen molar-refractivity contribution in [2.45, 2.75) is 19.0 Å². The second-order valence-electron chi connectivity index (χ2n) is 6.75. The predicted molar refractivity (Wildman–Crippen MR) is 118 cm³/mol. The Morgan fingerprint density at radius 2 is 1.70 bits per heavy atom. The van der Waals surface area contributed by atoms with E-state index in [9.17, 15) is 9.59 Å². The fourth-order valence-electron chi connectivity index (χ4n) is 3.06. The number of amides is 2. The third kappa shape index (κ3) is 5.84. The lowest BCUT2D eigenvalue weighted by atomic mass is 10.0. The van der Waals surface area contributed by atoms with Crippen LogP contribution in [-0.4, -0.2) is 18.9 Å². The summed E-state index contributed by atoms with van der Waals surface area (Å²) in [4.78, 5) is 25.4. The van der Waals surface area contributed by atoms with Crippen LogP contribution in [0.25, 0.3) is 0 Å². The maximum atomic E-state index is 12.7. The molecule has 3 rings (SSSR count). The lowest BCUT2D eigenvalue weighted by Gasteiger charge is -2.19. The smallest absolute Gasteiger partial charge is 0.253 e. The monoisotopic (exact) mass is 422 g/mol. The van der Waals surface area contributed by atoms with E-state index in [0.29, 0.717) is 17.1 Å². The van der Waals surface area contributed by atoms with Crippen molar-refractivity contribution >= 4 is 23.4 Å². The van der Waals surface area contributed by atoms with E-state index in [4.69, 9.17) is 16.3 Å². The van der Waals surface area contributed by atoms with Crippen LogP contribution in [0.5, 0.6) is 5.75 Å². The summed E-state index contributed by atoms with van der Waals surface area (Å²) in [5.41, 5.74) is 2.14. The van der Waals surface area contributed by atoms with Crippen LogP contribution < -0.4 is 15.4 Å². The van der Waals surface area contributed by atoms with E-state index in [0.717, 1.165) is 16.9 Å². The van der Waals surface area contributed by atoms with Crippen molar-refractivity contribution in [1.29, 1.82) is 0 Å². The number of nitrogens with one attached hydrogen (secondary N) is 2. The second-order valence-corrected chi connectivity index (χ2v) is 7.16. The van der Waals surface area contributed by atoms with Gasteiger partial charge in [0.2, 0.25) is 5.91 Å². The topological polar surface area (TPSA) is 67.4 Å². The zero-order valence-electron chi connectivity index (χ0n) is 16.6. The van der Waals surface area contributed by atoms with Crippen LogP contribution in [0.4, 0.5) is 0 Å². The molecule has 0 unspecified atom stereocenters. The van der Waals surface area contributed by atoms with E-state index in [2.05, 4.69) is 10.6 Å². The lowest BCUT2D eigenvalue weighted by molar-refractivity contribution is -0.121. The molecule has 2 amide bonds. The Morgan fingerprint density at radius 1 is 0.967 bits per heavy atom. The summed E-state index contributed by atoms with van der Waals surface area (Å²) in [7, 11) is 1.60. The van der Waals surface area contributed by atoms with Gasteiger partial charge in [0.05, 0.1) is 30.2 Å². The first kappa shape index (κ1) is 21.4. The molecule has 0 aliphatic rings. The van der Waals surface area contributed by atoms with Gasteiger partial charge in [0.15, 0.2) is 0 Å². The maximum absolute atomic E-state index is 12.7. The molecule has 0 saturated heterocycles. The van der Waals surface area contributed by atoms with Gasteiger partial charge in [-0.05, 0) is 35.4 Å². The first-order chi connectivity index (χ1) is 14.6. The number of hydrogen-bond donors (Lipinski definition) is 2. The normalized spacial score (nSPS) is 11.4. The molecular weight excluding hydrogens is 400 g/mol. The van der Waals surface area contributed by atoms with Gasteiger partial charge in [-0.3, -0.25) is 9.59 Å². The number of ether oxygens (including phenoxy) is 1. The molecule has 6 heteroatoms. The molecular formula is C24H23ClN2O3. The third-order valence-electron chi connectivity index (χ3n) is 4.64. The molecule has 5 nitrogen and oxygen atoms in total. The van der Waals surface area contributed by atoms with Crippen LogP contribution in [-0.2, 0) is 11.3 Å². The van der Waals surface area contributed by atoms with Gasteiger partial charge in [-0.15, -0.1) is 0 Å². The molecule has 0 heterocycles. The largest absolute Gasteiger partial charge is 0.497 e. The van der Waals surface area contributed by atoms with Crippen molar-refractivity contribution in [3.05, 3.63) is 101 Å². The first-order valence-electron chi connectivity index (χ1n) is 9.57. The number of hydrogen-bond acceptors (Lipinski definition) is 3. The number of halogens is 1. The number of rotatable bonds is 8. The van der Waals surface area contributed by atoms with Gasteiger partial charge in [-0.2, -0.15) is 0 Å². The summed E-state index contributed by atoms with van der Waals surface area (Å²) in [5, 5.41) is 6.20. The van der Waals surface area contributed by atoms with Crippen LogP contribution in [0.1, 0.15) is 33.9 Å². The van der Waals surface area contributed by atoms with Gasteiger partial charge < -0.3 is 15.4 Å². The molecule has 0 aliphatic heterocycles. The highest BCUT2D eigenvalue weighted by molar-refractivity contribution is 6.33. The molecule has 154 valence electrons. The molecule has 0 spiro atoms. The maximum Gasteiger partial charge on any atom is 0.253 e. The molecule has 3 aromatic rings. The number of carbonyl (C=O) groups excluding carboxylic acids is 2. The summed E-state index contributed by atoms with van der Waals surface area (Å²) in [6, 6.07) is 23.2. The SMILES string of the molecule is COc1cccc(CNC(=O)C[C@@H](NC(=O)c2ccccc2Cl)c2ccccc2)c1. The van der Waals surface area contributed by atoms with Gasteiger partial charge in [0.25, 0.3) is 5.91 Å². The van der Waals surface area contributed by atoms with Crippen molar-refractivity contribution in [2.24, 2.45) is 0 Å². The third-order valence-corrected chi connectivity index (χ3v) is 4.97. The lowest BCUT2D eigenvalue weighted by Crippen LogP contribution is -2.33. The fraction of sp³-hybridized carbons (Fsp3) is 0.167. The predicted octanol–water partition coefficient (Wildman–Crippen LogP) is 4.53. The molecule has 2 N–H and O–H groups in total. The van der Waals surface area contributed by atoms with Crippen molar-refractivity contribution in [3.8, 4) is 5.75 Å². The summed E-state index contributed by atoms with van der Waals surface area (Å²) < 4.78 is 5.21. The Hall–Kier alpha value is -3.31. The van der Waals surface area contributed by atoms with Gasteiger partial charge in [0.1, 0.15) is 5.75 Å². The zero-order valence-corrected chi connectivity index (χ0v) is 17.4. The molecule has 1 atom stereocenters. The van der Waals surface area contributed by atoms with Crippen molar-refractivity contribution < 1.29 is 14.3 Å². The average molecular weight is 423 g/mol. The van der Waals surface area contributed by atoms with Crippen LogP contribution >= 0.6 is 11.6 Å². The average Bonchev–Trinajstić information content (AvgIpc) is 2.78. The van der Waals surface area contributed by atoms with Crippen LogP contribution in [0.2, 0.25) is 5.02 Å². The summed E-state index contributed by atoms with van der Waals surface area (Å²) in [5.74, 6) is 0.233. The van der Waals surface area contributed by atoms with E-state index < -0.39 is 6.04 Å². The second kappa shape index (κ2) is 10.5. The van der Waals surface area contributed by atoms with Crippen LogP contribution in [0, 0.1) is 0 Å². The number of benzene rings is 3. The first-order valence-corrected chi connectivity index (χ1v) is 9.94. The molecule has 0 saturated carbocycles. The molecule has 30 heavy (non-hydrogen) atoms. The molecule has 0 fully saturated rings. The quantitative estimate of drug-likeness (QED) is 0.560. The zero-order chi connectivity index (χ0) is 21.3. The van der Waals surface area contributed by atoms with Gasteiger partial charge in [0, 0.05) is 6.54 Å². The van der Waals surface area contributed by atoms with Gasteiger partial charge in [-0.1, -0.05) is 66.2 Å². The van der Waals surface area contributed by atoms with E-state index in [-0.39, 0.29) is 18.2 Å². The molecule has 3 aromatic carbocycles. The van der Waals surface area contributed by atoms with Gasteiger partial charge in [-0.25, -0.2) is 0 Å². The Bertz CT molecular complexity index is 1010. The Labute approximate surface area is 181 Å². The highest BCUT2D eigenvalue weighted by atomic mass is 35.5. The molecule has 0 radical (unpaired) electrons. The van der Waals surface area contributed by atoms with Crippen LogP contribution in [0.3, 0.4) is 0 Å². The van der Waals surface area contributed by atoms with E-state index in [1.807, 2.05) is 54.6 Å². The van der Waals surface area contributed by atoms with Crippen molar-refractivity contribution in [1.82, 2.24) is 10.6 Å². The summed E-state index contributed by atoms with van der Waals surface area (Å²) >= 11 is 6.15. The standard InChI is InChI=1S/C24H23ClN2O3/c1-30-19-11-7-8-17(14-19)16-26-23(28)15-22(18-9-3-2-4-10-18)27-24(29)20-12-5-6-13-21(20)25/h2-14,22H,15-16H2,1H3,(H,26,28)(H,27,29)/t22-/m1/s1. The fourth-order valence-corrected chi connectivity index (χ4v) is 3.28. The number of methoxy groups -OCH3 is 1. The minimum absolute atomic E-state index is 0.101. The van der Waals surface area contributed by atoms with Gasteiger partial charge >= 0.3 is 0 Å². The summed E-state index contributed by atoms with van der Waals surface area (Å²) in [6.07, 6.45) is 0.101. The molecule has 0 aromatic heterocycles. The van der Waals surface area contributed by atoms with E-state index in [1.165, 1.54) is 0 Å². The van der Waals surface area contributed by atoms with Crippen molar-refractivity contribution in [3.63, 3.8) is 0 Å². The van der Waals surface area contributed by atoms with Crippen molar-refractivity contribution in [2.75, 3.05) is 7.11 Å². The van der Waals surface area contributed by atoms with E-state index >= 15 is 0 Å².